The molecule has 2 rings (SSSR count). The Labute approximate surface area is 132 Å². The van der Waals surface area contributed by atoms with E-state index in [1.165, 1.54) is 12.3 Å². The van der Waals surface area contributed by atoms with Gasteiger partial charge in [0.2, 0.25) is 0 Å². The van der Waals surface area contributed by atoms with Crippen LogP contribution >= 0.6 is 0 Å². The van der Waals surface area contributed by atoms with E-state index in [0.717, 1.165) is 12.0 Å². The standard InChI is InChI=1S/C15H16FN7/c16-12-3-1-2-4-13(12)20-8-11(23-19)7-10-5-6-14(22-10)15(18)21-9-17/h1-6,8-9,22H,7,19H2,(H3,17,18,21). The van der Waals surface area contributed by atoms with E-state index >= 15 is 0 Å². The van der Waals surface area contributed by atoms with E-state index in [1.807, 2.05) is 0 Å². The van der Waals surface area contributed by atoms with Gasteiger partial charge in [-0.05, 0) is 24.3 Å². The molecular formula is C15H16FN7. The molecule has 8 heteroatoms. The summed E-state index contributed by atoms with van der Waals surface area (Å²) in [6, 6.07) is 9.64. The molecule has 0 aliphatic rings. The summed E-state index contributed by atoms with van der Waals surface area (Å²) in [7, 11) is 0. The monoisotopic (exact) mass is 313 g/mol. The van der Waals surface area contributed by atoms with Gasteiger partial charge in [-0.3, -0.25) is 10.4 Å². The van der Waals surface area contributed by atoms with Crippen LogP contribution < -0.4 is 11.6 Å². The maximum Gasteiger partial charge on any atom is 0.169 e. The first-order valence-electron chi connectivity index (χ1n) is 6.70. The SMILES string of the molecule is N=C(N=CN)c1ccc(CC(C=Nc2ccccc2F)=NN)[nH]1. The Balaban J connectivity index is 2.09. The number of nitrogens with zero attached hydrogens (tertiary/aromatic N) is 3. The zero-order valence-corrected chi connectivity index (χ0v) is 12.2. The summed E-state index contributed by atoms with van der Waals surface area (Å²) in [4.78, 5) is 10.7. The first kappa shape index (κ1) is 16.1. The van der Waals surface area contributed by atoms with Crippen LogP contribution in [0.1, 0.15) is 11.4 Å². The molecule has 1 aromatic carbocycles. The lowest BCUT2D eigenvalue weighted by Gasteiger charge is -1.99. The smallest absolute Gasteiger partial charge is 0.169 e. The van der Waals surface area contributed by atoms with Gasteiger partial charge < -0.3 is 16.6 Å². The quantitative estimate of drug-likeness (QED) is 0.290. The van der Waals surface area contributed by atoms with Gasteiger partial charge in [0.1, 0.15) is 5.82 Å². The number of benzene rings is 1. The van der Waals surface area contributed by atoms with E-state index in [9.17, 15) is 4.39 Å². The molecule has 0 saturated heterocycles. The van der Waals surface area contributed by atoms with Crippen molar-refractivity contribution < 1.29 is 4.39 Å². The summed E-state index contributed by atoms with van der Waals surface area (Å²) in [6.45, 7) is 0. The minimum atomic E-state index is -0.421. The third-order valence-corrected chi connectivity index (χ3v) is 2.95. The normalized spacial score (nSPS) is 12.3. The predicted molar refractivity (Wildman–Crippen MR) is 90.2 cm³/mol. The number of hydrazone groups is 1. The van der Waals surface area contributed by atoms with Gasteiger partial charge in [0, 0.05) is 12.1 Å². The fraction of sp³-hybridized carbons (Fsp3) is 0.0667. The number of nitrogens with two attached hydrogens (primary N) is 2. The molecule has 0 aliphatic carbocycles. The van der Waals surface area contributed by atoms with Gasteiger partial charge in [-0.2, -0.15) is 5.10 Å². The minimum absolute atomic E-state index is 0.0185. The van der Waals surface area contributed by atoms with Crippen LogP contribution in [-0.2, 0) is 6.42 Å². The molecule has 0 atom stereocenters. The van der Waals surface area contributed by atoms with Crippen molar-refractivity contribution in [1.82, 2.24) is 4.98 Å². The van der Waals surface area contributed by atoms with Crippen molar-refractivity contribution in [3.63, 3.8) is 0 Å². The zero-order chi connectivity index (χ0) is 16.7. The number of hydrogen-bond donors (Lipinski definition) is 4. The molecule has 0 saturated carbocycles. The average Bonchev–Trinajstić information content (AvgIpc) is 3.01. The number of aromatic amines is 1. The number of rotatable bonds is 5. The molecule has 23 heavy (non-hydrogen) atoms. The first-order chi connectivity index (χ1) is 11.1. The highest BCUT2D eigenvalue weighted by molar-refractivity contribution is 6.31. The third-order valence-electron chi connectivity index (χ3n) is 2.95. The Bertz CT molecular complexity index is 774. The molecule has 0 amide bonds. The van der Waals surface area contributed by atoms with Gasteiger partial charge in [-0.25, -0.2) is 9.38 Å². The Morgan fingerprint density at radius 3 is 2.74 bits per heavy atom. The van der Waals surface area contributed by atoms with E-state index < -0.39 is 5.82 Å². The molecule has 7 nitrogen and oxygen atoms in total. The van der Waals surface area contributed by atoms with Crippen molar-refractivity contribution in [2.75, 3.05) is 0 Å². The molecule has 0 spiro atoms. The molecule has 0 unspecified atom stereocenters. The largest absolute Gasteiger partial charge is 0.390 e. The van der Waals surface area contributed by atoms with Crippen molar-refractivity contribution >= 4 is 29.8 Å². The summed E-state index contributed by atoms with van der Waals surface area (Å²) < 4.78 is 13.5. The molecule has 118 valence electrons. The van der Waals surface area contributed by atoms with Crippen LogP contribution in [0.5, 0.6) is 0 Å². The van der Waals surface area contributed by atoms with E-state index in [1.54, 1.807) is 30.3 Å². The van der Waals surface area contributed by atoms with Gasteiger partial charge in [-0.1, -0.05) is 12.1 Å². The van der Waals surface area contributed by atoms with E-state index in [2.05, 4.69) is 20.1 Å². The van der Waals surface area contributed by atoms with E-state index in [4.69, 9.17) is 17.0 Å². The molecule has 2 aromatic rings. The molecular weight excluding hydrogens is 297 g/mol. The van der Waals surface area contributed by atoms with Crippen LogP contribution in [0.15, 0.2) is 51.5 Å². The van der Waals surface area contributed by atoms with Crippen LogP contribution in [0.3, 0.4) is 0 Å². The molecule has 1 aromatic heterocycles. The third kappa shape index (κ3) is 4.34. The second-order valence-electron chi connectivity index (χ2n) is 4.53. The van der Waals surface area contributed by atoms with Crippen molar-refractivity contribution in [1.29, 1.82) is 5.41 Å². The van der Waals surface area contributed by atoms with E-state index in [0.29, 0.717) is 17.8 Å². The molecule has 1 heterocycles. The molecule has 0 fully saturated rings. The van der Waals surface area contributed by atoms with Gasteiger partial charge in [0.05, 0.1) is 29.6 Å². The minimum Gasteiger partial charge on any atom is -0.390 e. The van der Waals surface area contributed by atoms with Crippen LogP contribution in [0, 0.1) is 11.2 Å². The number of amidine groups is 1. The lowest BCUT2D eigenvalue weighted by Crippen LogP contribution is -2.08. The number of hydrogen-bond acceptors (Lipinski definition) is 4. The number of H-pyrrole nitrogens is 1. The summed E-state index contributed by atoms with van der Waals surface area (Å²) in [5.41, 5.74) is 7.10. The number of aliphatic imine (C=N–C) groups is 2. The highest BCUT2D eigenvalue weighted by Crippen LogP contribution is 2.15. The number of halogens is 1. The molecule has 0 aliphatic heterocycles. The molecule has 6 N–H and O–H groups in total. The second-order valence-corrected chi connectivity index (χ2v) is 4.53. The molecule has 0 radical (unpaired) electrons. The highest BCUT2D eigenvalue weighted by atomic mass is 19.1. The van der Waals surface area contributed by atoms with Gasteiger partial charge in [0.15, 0.2) is 5.84 Å². The Morgan fingerprint density at radius 2 is 2.04 bits per heavy atom. The van der Waals surface area contributed by atoms with Gasteiger partial charge >= 0.3 is 0 Å². The van der Waals surface area contributed by atoms with Crippen LogP contribution in [0.25, 0.3) is 0 Å². The first-order valence-corrected chi connectivity index (χ1v) is 6.70. The maximum atomic E-state index is 13.5. The lowest BCUT2D eigenvalue weighted by molar-refractivity contribution is 0.630. The summed E-state index contributed by atoms with van der Waals surface area (Å²) in [5, 5.41) is 11.3. The van der Waals surface area contributed by atoms with Crippen LogP contribution in [0.2, 0.25) is 0 Å². The fourth-order valence-electron chi connectivity index (χ4n) is 1.85. The number of para-hydroxylation sites is 1. The Kier molecular flexibility index (Phi) is 5.35. The Morgan fingerprint density at radius 1 is 1.26 bits per heavy atom. The number of nitrogens with one attached hydrogen (secondary N) is 2. The highest BCUT2D eigenvalue weighted by Gasteiger charge is 2.06. The zero-order valence-electron chi connectivity index (χ0n) is 12.2. The average molecular weight is 313 g/mol. The maximum absolute atomic E-state index is 13.5. The van der Waals surface area contributed by atoms with Crippen molar-refractivity contribution in [2.45, 2.75) is 6.42 Å². The molecule has 0 bridgehead atoms. The van der Waals surface area contributed by atoms with Crippen LogP contribution in [0.4, 0.5) is 10.1 Å². The topological polar surface area (TPSA) is 129 Å². The lowest BCUT2D eigenvalue weighted by atomic mass is 10.2. The van der Waals surface area contributed by atoms with Gasteiger partial charge in [-0.15, -0.1) is 0 Å². The van der Waals surface area contributed by atoms with E-state index in [-0.39, 0.29) is 11.5 Å². The number of aromatic nitrogens is 1. The van der Waals surface area contributed by atoms with Gasteiger partial charge in [0.25, 0.3) is 0 Å². The Hall–Kier alpha value is -3.29. The summed E-state index contributed by atoms with van der Waals surface area (Å²) >= 11 is 0. The van der Waals surface area contributed by atoms with Crippen molar-refractivity contribution in [2.24, 2.45) is 26.7 Å². The second kappa shape index (κ2) is 7.64. The predicted octanol–water partition coefficient (Wildman–Crippen LogP) is 1.73. The van der Waals surface area contributed by atoms with Crippen LogP contribution in [-0.4, -0.2) is 29.1 Å². The van der Waals surface area contributed by atoms with Crippen molar-refractivity contribution in [3.8, 4) is 0 Å². The van der Waals surface area contributed by atoms with Crippen molar-refractivity contribution in [3.05, 3.63) is 53.6 Å². The summed E-state index contributed by atoms with van der Waals surface area (Å²) in [6.07, 6.45) is 2.81. The fourth-order valence-corrected chi connectivity index (χ4v) is 1.85. The summed E-state index contributed by atoms with van der Waals surface area (Å²) in [5.74, 6) is 4.94.